The average Bonchev–Trinajstić information content (AvgIpc) is 2.39. The van der Waals surface area contributed by atoms with Crippen molar-refractivity contribution < 1.29 is 4.39 Å². The maximum absolute atomic E-state index is 13.6. The van der Waals surface area contributed by atoms with Crippen molar-refractivity contribution in [3.8, 4) is 6.07 Å². The van der Waals surface area contributed by atoms with Gasteiger partial charge in [-0.15, -0.1) is 0 Å². The van der Waals surface area contributed by atoms with Gasteiger partial charge in [0.2, 0.25) is 0 Å². The van der Waals surface area contributed by atoms with Gasteiger partial charge in [-0.25, -0.2) is 4.39 Å². The quantitative estimate of drug-likeness (QED) is 0.878. The van der Waals surface area contributed by atoms with Crippen molar-refractivity contribution in [3.63, 3.8) is 0 Å². The molecule has 0 fully saturated rings. The second-order valence-electron chi connectivity index (χ2n) is 3.89. The molecule has 0 bridgehead atoms. The molecule has 0 radical (unpaired) electrons. The fraction of sp³-hybridized carbons (Fsp3) is 0.0714. The van der Waals surface area contributed by atoms with Gasteiger partial charge in [-0.2, -0.15) is 5.26 Å². The van der Waals surface area contributed by atoms with Crippen LogP contribution in [-0.4, -0.2) is 0 Å². The molecule has 0 spiro atoms. The van der Waals surface area contributed by atoms with Gasteiger partial charge in [0.05, 0.1) is 11.3 Å². The first-order valence-electron chi connectivity index (χ1n) is 5.47. The van der Waals surface area contributed by atoms with Gasteiger partial charge in [0, 0.05) is 21.6 Å². The van der Waals surface area contributed by atoms with Crippen LogP contribution in [0.1, 0.15) is 11.1 Å². The highest BCUT2D eigenvalue weighted by Crippen LogP contribution is 2.22. The highest BCUT2D eigenvalue weighted by Gasteiger charge is 2.05. The lowest BCUT2D eigenvalue weighted by Gasteiger charge is -2.09. The highest BCUT2D eigenvalue weighted by atomic mass is 79.9. The molecule has 0 heterocycles. The molecule has 5 heteroatoms. The van der Waals surface area contributed by atoms with Crippen LogP contribution in [0.25, 0.3) is 0 Å². The summed E-state index contributed by atoms with van der Waals surface area (Å²) in [5.41, 5.74) is 1.67. The Hall–Kier alpha value is -1.57. The first-order valence-corrected chi connectivity index (χ1v) is 6.64. The van der Waals surface area contributed by atoms with Crippen LogP contribution in [0.5, 0.6) is 0 Å². The Labute approximate surface area is 123 Å². The van der Waals surface area contributed by atoms with Gasteiger partial charge in [-0.1, -0.05) is 33.6 Å². The van der Waals surface area contributed by atoms with Crippen LogP contribution in [0.3, 0.4) is 0 Å². The van der Waals surface area contributed by atoms with Gasteiger partial charge in [-0.05, 0) is 30.3 Å². The lowest BCUT2D eigenvalue weighted by Crippen LogP contribution is -2.03. The van der Waals surface area contributed by atoms with Crippen LogP contribution < -0.4 is 5.32 Å². The smallest absolute Gasteiger partial charge is 0.129 e. The molecule has 0 atom stereocenters. The third-order valence-electron chi connectivity index (χ3n) is 2.59. The van der Waals surface area contributed by atoms with E-state index in [1.807, 2.05) is 6.07 Å². The fourth-order valence-corrected chi connectivity index (χ4v) is 2.14. The van der Waals surface area contributed by atoms with Gasteiger partial charge in [0.1, 0.15) is 11.9 Å². The van der Waals surface area contributed by atoms with E-state index in [0.29, 0.717) is 28.4 Å². The van der Waals surface area contributed by atoms with Crippen molar-refractivity contribution in [2.45, 2.75) is 6.54 Å². The van der Waals surface area contributed by atoms with E-state index in [9.17, 15) is 4.39 Å². The third-order valence-corrected chi connectivity index (χ3v) is 3.31. The number of anilines is 1. The van der Waals surface area contributed by atoms with E-state index in [1.54, 1.807) is 24.3 Å². The van der Waals surface area contributed by atoms with E-state index < -0.39 is 0 Å². The molecule has 96 valence electrons. The summed E-state index contributed by atoms with van der Waals surface area (Å²) in [4.78, 5) is 0. The molecule has 0 aliphatic heterocycles. The first-order chi connectivity index (χ1) is 9.10. The van der Waals surface area contributed by atoms with E-state index in [1.165, 1.54) is 6.07 Å². The molecule has 0 aromatic heterocycles. The molecule has 0 unspecified atom stereocenters. The van der Waals surface area contributed by atoms with Gasteiger partial charge >= 0.3 is 0 Å². The number of rotatable bonds is 3. The van der Waals surface area contributed by atoms with Crippen molar-refractivity contribution >= 4 is 33.2 Å². The first kappa shape index (κ1) is 13.9. The number of hydrogen-bond donors (Lipinski definition) is 1. The van der Waals surface area contributed by atoms with Gasteiger partial charge in [0.15, 0.2) is 0 Å². The molecule has 2 aromatic carbocycles. The van der Waals surface area contributed by atoms with Crippen LogP contribution in [-0.2, 0) is 6.54 Å². The third kappa shape index (κ3) is 3.46. The van der Waals surface area contributed by atoms with E-state index >= 15 is 0 Å². The van der Waals surface area contributed by atoms with Crippen molar-refractivity contribution in [3.05, 3.63) is 62.8 Å². The van der Waals surface area contributed by atoms with E-state index in [4.69, 9.17) is 16.9 Å². The Morgan fingerprint density at radius 3 is 2.74 bits per heavy atom. The molecule has 0 aliphatic rings. The summed E-state index contributed by atoms with van der Waals surface area (Å²) < 4.78 is 14.4. The number of hydrogen-bond acceptors (Lipinski definition) is 2. The lowest BCUT2D eigenvalue weighted by atomic mass is 10.1. The van der Waals surface area contributed by atoms with Crippen LogP contribution in [0.4, 0.5) is 10.1 Å². The van der Waals surface area contributed by atoms with Gasteiger partial charge < -0.3 is 5.32 Å². The van der Waals surface area contributed by atoms with Crippen molar-refractivity contribution in [1.82, 2.24) is 0 Å². The average molecular weight is 340 g/mol. The van der Waals surface area contributed by atoms with Crippen LogP contribution in [0, 0.1) is 17.1 Å². The van der Waals surface area contributed by atoms with Gasteiger partial charge in [0.25, 0.3) is 0 Å². The summed E-state index contributed by atoms with van der Waals surface area (Å²) in [5, 5.41) is 12.4. The molecule has 2 rings (SSSR count). The number of nitrogens with one attached hydrogen (secondary N) is 1. The normalized spacial score (nSPS) is 10.0. The number of benzene rings is 2. The number of nitriles is 1. The van der Waals surface area contributed by atoms with Crippen molar-refractivity contribution in [2.75, 3.05) is 5.32 Å². The summed E-state index contributed by atoms with van der Waals surface area (Å²) in [7, 11) is 0. The summed E-state index contributed by atoms with van der Waals surface area (Å²) in [6.07, 6.45) is 0. The molecular formula is C14H9BrClFN2. The predicted octanol–water partition coefficient (Wildman–Crippen LogP) is 4.73. The Morgan fingerprint density at radius 2 is 2.05 bits per heavy atom. The number of nitrogens with zero attached hydrogens (tertiary/aromatic N) is 1. The largest absolute Gasteiger partial charge is 0.380 e. The van der Waals surface area contributed by atoms with E-state index in [-0.39, 0.29) is 5.82 Å². The van der Waals surface area contributed by atoms with E-state index in [0.717, 1.165) is 4.47 Å². The Balaban J connectivity index is 2.17. The summed E-state index contributed by atoms with van der Waals surface area (Å²) in [6.45, 7) is 0.291. The minimum absolute atomic E-state index is 0.291. The Kier molecular flexibility index (Phi) is 4.41. The second kappa shape index (κ2) is 6.05. The maximum Gasteiger partial charge on any atom is 0.129 e. The molecule has 0 saturated carbocycles. The van der Waals surface area contributed by atoms with Crippen LogP contribution in [0.2, 0.25) is 5.02 Å². The topological polar surface area (TPSA) is 35.8 Å². The standard InChI is InChI=1S/C14H9BrClFN2/c15-11-2-4-14(10(5-11)7-18)19-8-9-1-3-12(16)6-13(9)17/h1-6,19H,8H2. The minimum atomic E-state index is -0.365. The number of halogens is 3. The summed E-state index contributed by atoms with van der Waals surface area (Å²) >= 11 is 8.99. The highest BCUT2D eigenvalue weighted by molar-refractivity contribution is 9.10. The summed E-state index contributed by atoms with van der Waals surface area (Å²) in [6, 6.07) is 11.9. The summed E-state index contributed by atoms with van der Waals surface area (Å²) in [5.74, 6) is -0.365. The molecule has 0 aliphatic carbocycles. The van der Waals surface area contributed by atoms with Gasteiger partial charge in [-0.3, -0.25) is 0 Å². The zero-order valence-electron chi connectivity index (χ0n) is 9.75. The maximum atomic E-state index is 13.6. The molecular weight excluding hydrogens is 331 g/mol. The Morgan fingerprint density at radius 1 is 1.26 bits per heavy atom. The van der Waals surface area contributed by atoms with Crippen LogP contribution in [0.15, 0.2) is 40.9 Å². The minimum Gasteiger partial charge on any atom is -0.380 e. The van der Waals surface area contributed by atoms with E-state index in [2.05, 4.69) is 27.3 Å². The molecule has 2 aromatic rings. The molecule has 1 N–H and O–H groups in total. The van der Waals surface area contributed by atoms with Crippen molar-refractivity contribution in [2.24, 2.45) is 0 Å². The predicted molar refractivity (Wildman–Crippen MR) is 77.6 cm³/mol. The Bertz CT molecular complexity index is 652. The fourth-order valence-electron chi connectivity index (χ4n) is 1.62. The van der Waals surface area contributed by atoms with Crippen LogP contribution >= 0.6 is 27.5 Å². The second-order valence-corrected chi connectivity index (χ2v) is 5.24. The SMILES string of the molecule is N#Cc1cc(Br)ccc1NCc1ccc(Cl)cc1F. The molecule has 19 heavy (non-hydrogen) atoms. The molecule has 0 amide bonds. The lowest BCUT2D eigenvalue weighted by molar-refractivity contribution is 0.613. The van der Waals surface area contributed by atoms with Crippen molar-refractivity contribution in [1.29, 1.82) is 5.26 Å². The zero-order chi connectivity index (χ0) is 13.8. The zero-order valence-corrected chi connectivity index (χ0v) is 12.1. The molecule has 2 nitrogen and oxygen atoms in total. The molecule has 0 saturated heterocycles. The monoisotopic (exact) mass is 338 g/mol.